The van der Waals surface area contributed by atoms with Crippen molar-refractivity contribution < 1.29 is 4.74 Å². The highest BCUT2D eigenvalue weighted by Crippen LogP contribution is 2.15. The van der Waals surface area contributed by atoms with Gasteiger partial charge >= 0.3 is 0 Å². The lowest BCUT2D eigenvalue weighted by Crippen LogP contribution is -2.37. The van der Waals surface area contributed by atoms with Crippen molar-refractivity contribution in [2.75, 3.05) is 32.1 Å². The molecule has 19 heavy (non-hydrogen) atoms. The minimum absolute atomic E-state index is 0.462. The van der Waals surface area contributed by atoms with Gasteiger partial charge in [-0.05, 0) is 25.8 Å². The number of likely N-dealkylation sites (tertiary alicyclic amines) is 1. The van der Waals surface area contributed by atoms with Gasteiger partial charge in [-0.3, -0.25) is 0 Å². The van der Waals surface area contributed by atoms with Crippen molar-refractivity contribution in [3.63, 3.8) is 0 Å². The van der Waals surface area contributed by atoms with Gasteiger partial charge in [-0.15, -0.1) is 11.6 Å². The van der Waals surface area contributed by atoms with E-state index < -0.39 is 0 Å². The summed E-state index contributed by atoms with van der Waals surface area (Å²) in [6.07, 6.45) is 12.7. The number of rotatable bonds is 11. The molecule has 0 aromatic rings. The molecule has 1 saturated heterocycles. The van der Waals surface area contributed by atoms with Gasteiger partial charge in [-0.2, -0.15) is 0 Å². The highest BCUT2D eigenvalue weighted by molar-refractivity contribution is 6.17. The monoisotopic (exact) mass is 289 g/mol. The van der Waals surface area contributed by atoms with Crippen molar-refractivity contribution in [3.05, 3.63) is 0 Å². The van der Waals surface area contributed by atoms with Crippen LogP contribution in [0.1, 0.15) is 64.7 Å². The Labute approximate surface area is 124 Å². The van der Waals surface area contributed by atoms with E-state index >= 15 is 0 Å². The fraction of sp³-hybridized carbons (Fsp3) is 1.00. The second-order valence-corrected chi connectivity index (χ2v) is 6.10. The van der Waals surface area contributed by atoms with Crippen molar-refractivity contribution in [1.29, 1.82) is 0 Å². The number of piperidine rings is 1. The minimum atomic E-state index is 0.462. The Morgan fingerprint density at radius 1 is 1.00 bits per heavy atom. The summed E-state index contributed by atoms with van der Waals surface area (Å²) in [5.74, 6) is 0.623. The standard InChI is InChI=1S/C16H32ClNO/c1-2-3-4-5-6-7-8-12-18-13-9-16(10-14-18)19-15-11-17/h16H,2-15H2,1H3. The summed E-state index contributed by atoms with van der Waals surface area (Å²) in [5, 5.41) is 0. The number of hydrogen-bond donors (Lipinski definition) is 0. The molecule has 0 aliphatic carbocycles. The van der Waals surface area contributed by atoms with Crippen LogP contribution < -0.4 is 0 Å². The van der Waals surface area contributed by atoms with E-state index in [4.69, 9.17) is 16.3 Å². The van der Waals surface area contributed by atoms with E-state index in [0.29, 0.717) is 18.6 Å². The SMILES string of the molecule is CCCCCCCCCN1CCC(OCCCl)CC1. The smallest absolute Gasteiger partial charge is 0.0605 e. The Balaban J connectivity index is 1.89. The molecule has 0 radical (unpaired) electrons. The van der Waals surface area contributed by atoms with Gasteiger partial charge in [-0.1, -0.05) is 45.4 Å². The van der Waals surface area contributed by atoms with E-state index in [9.17, 15) is 0 Å². The van der Waals surface area contributed by atoms with Crippen molar-refractivity contribution in [1.82, 2.24) is 4.90 Å². The Morgan fingerprint density at radius 2 is 1.63 bits per heavy atom. The molecule has 0 unspecified atom stereocenters. The molecular formula is C16H32ClNO. The average molecular weight is 290 g/mol. The summed E-state index contributed by atoms with van der Waals surface area (Å²) in [6, 6.07) is 0. The Morgan fingerprint density at radius 3 is 2.26 bits per heavy atom. The van der Waals surface area contributed by atoms with Crippen molar-refractivity contribution in [2.24, 2.45) is 0 Å². The molecule has 1 heterocycles. The number of alkyl halides is 1. The van der Waals surface area contributed by atoms with E-state index in [1.807, 2.05) is 0 Å². The van der Waals surface area contributed by atoms with Crippen LogP contribution in [0.15, 0.2) is 0 Å². The third kappa shape index (κ3) is 8.88. The highest BCUT2D eigenvalue weighted by Gasteiger charge is 2.18. The zero-order chi connectivity index (χ0) is 13.8. The molecule has 0 N–H and O–H groups in total. The average Bonchev–Trinajstić information content (AvgIpc) is 2.45. The van der Waals surface area contributed by atoms with Crippen molar-refractivity contribution in [3.8, 4) is 0 Å². The maximum atomic E-state index is 5.70. The first kappa shape index (κ1) is 17.3. The van der Waals surface area contributed by atoms with E-state index in [0.717, 1.165) is 0 Å². The van der Waals surface area contributed by atoms with E-state index in [-0.39, 0.29) is 0 Å². The van der Waals surface area contributed by atoms with Gasteiger partial charge in [-0.25, -0.2) is 0 Å². The van der Waals surface area contributed by atoms with Crippen LogP contribution in [0.5, 0.6) is 0 Å². The van der Waals surface area contributed by atoms with Crippen LogP contribution >= 0.6 is 11.6 Å². The molecule has 2 nitrogen and oxygen atoms in total. The Hall–Kier alpha value is 0.210. The second-order valence-electron chi connectivity index (χ2n) is 5.72. The number of unbranched alkanes of at least 4 members (excludes halogenated alkanes) is 6. The fourth-order valence-electron chi connectivity index (χ4n) is 2.80. The van der Waals surface area contributed by atoms with Crippen LogP contribution in [0.3, 0.4) is 0 Å². The largest absolute Gasteiger partial charge is 0.377 e. The van der Waals surface area contributed by atoms with Crippen LogP contribution in [0, 0.1) is 0 Å². The van der Waals surface area contributed by atoms with Gasteiger partial charge in [0, 0.05) is 19.0 Å². The van der Waals surface area contributed by atoms with Crippen molar-refractivity contribution in [2.45, 2.75) is 70.8 Å². The molecular weight excluding hydrogens is 258 g/mol. The minimum Gasteiger partial charge on any atom is -0.377 e. The lowest BCUT2D eigenvalue weighted by atomic mass is 10.1. The highest BCUT2D eigenvalue weighted by atomic mass is 35.5. The van der Waals surface area contributed by atoms with Gasteiger partial charge in [0.05, 0.1) is 12.7 Å². The molecule has 0 aromatic carbocycles. The van der Waals surface area contributed by atoms with E-state index in [2.05, 4.69) is 11.8 Å². The van der Waals surface area contributed by atoms with Gasteiger partial charge in [0.15, 0.2) is 0 Å². The molecule has 1 aliphatic heterocycles. The molecule has 114 valence electrons. The van der Waals surface area contributed by atoms with Gasteiger partial charge in [0.2, 0.25) is 0 Å². The lowest BCUT2D eigenvalue weighted by molar-refractivity contribution is 0.0149. The Kier molecular flexibility index (Phi) is 10.9. The number of halogens is 1. The number of ether oxygens (including phenoxy) is 1. The zero-order valence-corrected chi connectivity index (χ0v) is 13.5. The van der Waals surface area contributed by atoms with Gasteiger partial charge in [0.1, 0.15) is 0 Å². The van der Waals surface area contributed by atoms with Gasteiger partial charge in [0.25, 0.3) is 0 Å². The molecule has 1 rings (SSSR count). The zero-order valence-electron chi connectivity index (χ0n) is 12.7. The fourth-order valence-corrected chi connectivity index (χ4v) is 2.89. The molecule has 0 spiro atoms. The summed E-state index contributed by atoms with van der Waals surface area (Å²) in [5.41, 5.74) is 0. The van der Waals surface area contributed by atoms with Crippen LogP contribution in [0.2, 0.25) is 0 Å². The molecule has 0 atom stereocenters. The molecule has 1 aliphatic rings. The first-order valence-corrected chi connectivity index (χ1v) is 8.80. The molecule has 0 aromatic heterocycles. The van der Waals surface area contributed by atoms with Crippen LogP contribution in [-0.2, 0) is 4.74 Å². The molecule has 3 heteroatoms. The molecule has 0 saturated carbocycles. The lowest BCUT2D eigenvalue weighted by Gasteiger charge is -2.31. The first-order valence-electron chi connectivity index (χ1n) is 8.26. The molecule has 1 fully saturated rings. The summed E-state index contributed by atoms with van der Waals surface area (Å²) < 4.78 is 5.70. The van der Waals surface area contributed by atoms with E-state index in [1.165, 1.54) is 77.4 Å². The maximum absolute atomic E-state index is 5.70. The van der Waals surface area contributed by atoms with Crippen LogP contribution in [0.4, 0.5) is 0 Å². The normalized spacial score (nSPS) is 18.0. The van der Waals surface area contributed by atoms with Crippen LogP contribution in [-0.4, -0.2) is 43.1 Å². The summed E-state index contributed by atoms with van der Waals surface area (Å²) >= 11 is 5.64. The quantitative estimate of drug-likeness (QED) is 0.411. The second kappa shape index (κ2) is 12.0. The number of nitrogens with zero attached hydrogens (tertiary/aromatic N) is 1. The topological polar surface area (TPSA) is 12.5 Å². The predicted octanol–water partition coefficient (Wildman–Crippen LogP) is 4.46. The van der Waals surface area contributed by atoms with E-state index in [1.54, 1.807) is 0 Å². The summed E-state index contributed by atoms with van der Waals surface area (Å²) in [6.45, 7) is 6.70. The third-order valence-corrected chi connectivity index (χ3v) is 4.20. The Bertz CT molecular complexity index is 193. The summed E-state index contributed by atoms with van der Waals surface area (Å²) in [7, 11) is 0. The third-order valence-electron chi connectivity index (χ3n) is 4.04. The van der Waals surface area contributed by atoms with Crippen molar-refractivity contribution >= 4 is 11.6 Å². The van der Waals surface area contributed by atoms with Crippen LogP contribution in [0.25, 0.3) is 0 Å². The summed E-state index contributed by atoms with van der Waals surface area (Å²) in [4.78, 5) is 2.60. The molecule has 0 amide bonds. The maximum Gasteiger partial charge on any atom is 0.0605 e. The predicted molar refractivity (Wildman–Crippen MR) is 84.1 cm³/mol. The van der Waals surface area contributed by atoms with Gasteiger partial charge < -0.3 is 9.64 Å². The number of hydrogen-bond acceptors (Lipinski definition) is 2. The molecule has 0 bridgehead atoms. The first-order chi connectivity index (χ1) is 9.36.